The summed E-state index contributed by atoms with van der Waals surface area (Å²) < 4.78 is 5.36. The van der Waals surface area contributed by atoms with Gasteiger partial charge in [0.1, 0.15) is 0 Å². The fourth-order valence-corrected chi connectivity index (χ4v) is 1.52. The zero-order valence-electron chi connectivity index (χ0n) is 9.09. The highest BCUT2D eigenvalue weighted by molar-refractivity contribution is 5.92. The van der Waals surface area contributed by atoms with Crippen LogP contribution >= 0.6 is 0 Å². The van der Waals surface area contributed by atoms with Gasteiger partial charge in [0.15, 0.2) is 0 Å². The Hall–Kier alpha value is -2.17. The van der Waals surface area contributed by atoms with Gasteiger partial charge in [-0.2, -0.15) is 0 Å². The van der Waals surface area contributed by atoms with Crippen LogP contribution in [0, 0.1) is 5.92 Å². The molecule has 0 aliphatic heterocycles. The van der Waals surface area contributed by atoms with Crippen molar-refractivity contribution in [1.82, 2.24) is 10.2 Å². The minimum Gasteiger partial charge on any atom is -0.403 e. The SMILES string of the molecule is O=C(Nc1nnc(-c2ccccc2)o1)C1CC1. The molecular formula is C12H11N3O2. The van der Waals surface area contributed by atoms with Gasteiger partial charge in [-0.05, 0) is 25.0 Å². The van der Waals surface area contributed by atoms with E-state index >= 15 is 0 Å². The Morgan fingerprint density at radius 3 is 2.71 bits per heavy atom. The maximum atomic E-state index is 11.5. The molecule has 1 fully saturated rings. The van der Waals surface area contributed by atoms with Gasteiger partial charge in [0.2, 0.25) is 11.8 Å². The summed E-state index contributed by atoms with van der Waals surface area (Å²) in [6.45, 7) is 0. The molecule has 1 N–H and O–H groups in total. The van der Waals surface area contributed by atoms with Crippen LogP contribution in [0.5, 0.6) is 0 Å². The third-order valence-electron chi connectivity index (χ3n) is 2.62. The third kappa shape index (κ3) is 2.18. The summed E-state index contributed by atoms with van der Waals surface area (Å²) in [6.07, 6.45) is 1.90. The molecular weight excluding hydrogens is 218 g/mol. The van der Waals surface area contributed by atoms with Crippen molar-refractivity contribution in [1.29, 1.82) is 0 Å². The van der Waals surface area contributed by atoms with Crippen LogP contribution < -0.4 is 5.32 Å². The van der Waals surface area contributed by atoms with Gasteiger partial charge in [0, 0.05) is 11.5 Å². The first-order chi connectivity index (χ1) is 8.33. The molecule has 5 nitrogen and oxygen atoms in total. The molecule has 86 valence electrons. The number of aromatic nitrogens is 2. The standard InChI is InChI=1S/C12H11N3O2/c16-10(8-6-7-8)13-12-15-14-11(17-12)9-4-2-1-3-5-9/h1-5,8H,6-7H2,(H,13,15,16). The van der Waals surface area contributed by atoms with Crippen LogP contribution in [0.4, 0.5) is 6.01 Å². The van der Waals surface area contributed by atoms with Gasteiger partial charge in [0.25, 0.3) is 0 Å². The molecule has 0 saturated heterocycles. The molecule has 1 aliphatic carbocycles. The molecule has 0 bridgehead atoms. The molecule has 1 aromatic carbocycles. The lowest BCUT2D eigenvalue weighted by Gasteiger charge is -1.96. The largest absolute Gasteiger partial charge is 0.403 e. The lowest BCUT2D eigenvalue weighted by atomic mass is 10.2. The van der Waals surface area contributed by atoms with E-state index < -0.39 is 0 Å². The Labute approximate surface area is 97.9 Å². The van der Waals surface area contributed by atoms with Crippen molar-refractivity contribution in [3.63, 3.8) is 0 Å². The van der Waals surface area contributed by atoms with Crippen LogP contribution in [0.25, 0.3) is 11.5 Å². The van der Waals surface area contributed by atoms with Crippen molar-refractivity contribution in [2.24, 2.45) is 5.92 Å². The van der Waals surface area contributed by atoms with Crippen LogP contribution in [0.15, 0.2) is 34.7 Å². The minimum atomic E-state index is -0.0340. The second-order valence-electron chi connectivity index (χ2n) is 4.04. The smallest absolute Gasteiger partial charge is 0.322 e. The summed E-state index contributed by atoms with van der Waals surface area (Å²) in [5, 5.41) is 10.3. The fourth-order valence-electron chi connectivity index (χ4n) is 1.52. The third-order valence-corrected chi connectivity index (χ3v) is 2.62. The average molecular weight is 229 g/mol. The molecule has 0 atom stereocenters. The summed E-state index contributed by atoms with van der Waals surface area (Å²) in [4.78, 5) is 11.5. The number of anilines is 1. The molecule has 17 heavy (non-hydrogen) atoms. The van der Waals surface area contributed by atoms with E-state index in [1.165, 1.54) is 0 Å². The first-order valence-electron chi connectivity index (χ1n) is 5.53. The monoisotopic (exact) mass is 229 g/mol. The Morgan fingerprint density at radius 2 is 2.00 bits per heavy atom. The normalized spacial score (nSPS) is 14.6. The van der Waals surface area contributed by atoms with Gasteiger partial charge in [-0.1, -0.05) is 23.3 Å². The lowest BCUT2D eigenvalue weighted by Crippen LogP contribution is -2.13. The first kappa shape index (κ1) is 10.0. The number of hydrogen-bond donors (Lipinski definition) is 1. The van der Waals surface area contributed by atoms with E-state index in [1.54, 1.807) is 0 Å². The van der Waals surface area contributed by atoms with Gasteiger partial charge in [0.05, 0.1) is 0 Å². The van der Waals surface area contributed by atoms with Crippen LogP contribution in [0.3, 0.4) is 0 Å². The highest BCUT2D eigenvalue weighted by Crippen LogP contribution is 2.30. The minimum absolute atomic E-state index is 0.0340. The average Bonchev–Trinajstić information content (AvgIpc) is 3.12. The molecule has 3 rings (SSSR count). The first-order valence-corrected chi connectivity index (χ1v) is 5.53. The Bertz CT molecular complexity index is 532. The van der Waals surface area contributed by atoms with E-state index in [4.69, 9.17) is 4.42 Å². The van der Waals surface area contributed by atoms with E-state index in [-0.39, 0.29) is 17.8 Å². The number of nitrogens with zero attached hydrogens (tertiary/aromatic N) is 2. The zero-order valence-corrected chi connectivity index (χ0v) is 9.09. The van der Waals surface area contributed by atoms with E-state index in [2.05, 4.69) is 15.5 Å². The molecule has 1 aromatic heterocycles. The van der Waals surface area contributed by atoms with Gasteiger partial charge in [-0.15, -0.1) is 5.10 Å². The Morgan fingerprint density at radius 1 is 1.24 bits per heavy atom. The molecule has 0 spiro atoms. The molecule has 2 aromatic rings. The molecule has 1 heterocycles. The predicted molar refractivity (Wildman–Crippen MR) is 61.1 cm³/mol. The van der Waals surface area contributed by atoms with E-state index in [9.17, 15) is 4.79 Å². The number of amides is 1. The highest BCUT2D eigenvalue weighted by Gasteiger charge is 2.30. The fraction of sp³-hybridized carbons (Fsp3) is 0.250. The maximum Gasteiger partial charge on any atom is 0.322 e. The topological polar surface area (TPSA) is 68.0 Å². The number of hydrogen-bond acceptors (Lipinski definition) is 4. The van der Waals surface area contributed by atoms with Crippen molar-refractivity contribution in [2.45, 2.75) is 12.8 Å². The molecule has 1 aliphatic rings. The van der Waals surface area contributed by atoms with E-state index in [0.29, 0.717) is 5.89 Å². The predicted octanol–water partition coefficient (Wildman–Crippen LogP) is 2.09. The van der Waals surface area contributed by atoms with Crippen LogP contribution in [0.1, 0.15) is 12.8 Å². The van der Waals surface area contributed by atoms with Gasteiger partial charge in [-0.3, -0.25) is 10.1 Å². The van der Waals surface area contributed by atoms with Crippen molar-refractivity contribution in [2.75, 3.05) is 5.32 Å². The van der Waals surface area contributed by atoms with E-state index in [0.717, 1.165) is 18.4 Å². The van der Waals surface area contributed by atoms with Crippen molar-refractivity contribution >= 4 is 11.9 Å². The van der Waals surface area contributed by atoms with Crippen molar-refractivity contribution in [3.05, 3.63) is 30.3 Å². The number of carbonyl (C=O) groups is 1. The number of carbonyl (C=O) groups excluding carboxylic acids is 1. The quantitative estimate of drug-likeness (QED) is 0.874. The van der Waals surface area contributed by atoms with Crippen LogP contribution in [-0.4, -0.2) is 16.1 Å². The molecule has 0 unspecified atom stereocenters. The van der Waals surface area contributed by atoms with Gasteiger partial charge < -0.3 is 4.42 Å². The maximum absolute atomic E-state index is 11.5. The zero-order chi connectivity index (χ0) is 11.7. The molecule has 0 radical (unpaired) electrons. The van der Waals surface area contributed by atoms with Crippen molar-refractivity contribution in [3.8, 4) is 11.5 Å². The van der Waals surface area contributed by atoms with E-state index in [1.807, 2.05) is 30.3 Å². The number of rotatable bonds is 3. The summed E-state index contributed by atoms with van der Waals surface area (Å²) in [5.74, 6) is 0.507. The van der Waals surface area contributed by atoms with Gasteiger partial charge in [-0.25, -0.2) is 0 Å². The van der Waals surface area contributed by atoms with Gasteiger partial charge >= 0.3 is 6.01 Å². The molecule has 1 amide bonds. The summed E-state index contributed by atoms with van der Waals surface area (Å²) in [5.41, 5.74) is 0.840. The van der Waals surface area contributed by atoms with Crippen LogP contribution in [-0.2, 0) is 4.79 Å². The number of benzene rings is 1. The summed E-state index contributed by atoms with van der Waals surface area (Å²) in [6, 6.07) is 9.61. The van der Waals surface area contributed by atoms with Crippen molar-refractivity contribution < 1.29 is 9.21 Å². The Balaban J connectivity index is 1.76. The number of nitrogens with one attached hydrogen (secondary N) is 1. The second-order valence-corrected chi connectivity index (χ2v) is 4.04. The summed E-state index contributed by atoms with van der Waals surface area (Å²) >= 11 is 0. The Kier molecular flexibility index (Phi) is 2.36. The second kappa shape index (κ2) is 4.01. The molecule has 1 saturated carbocycles. The van der Waals surface area contributed by atoms with Crippen LogP contribution in [0.2, 0.25) is 0 Å². The highest BCUT2D eigenvalue weighted by atomic mass is 16.4. The summed E-state index contributed by atoms with van der Waals surface area (Å²) in [7, 11) is 0. The lowest BCUT2D eigenvalue weighted by molar-refractivity contribution is -0.117. The molecule has 5 heteroatoms.